The maximum atomic E-state index is 10.9. The van der Waals surface area contributed by atoms with Gasteiger partial charge in [0.1, 0.15) is 5.82 Å². The molecule has 1 aliphatic rings. The summed E-state index contributed by atoms with van der Waals surface area (Å²) in [5.74, 6) is 1.44. The molecule has 1 aliphatic carbocycles. The van der Waals surface area contributed by atoms with Gasteiger partial charge >= 0.3 is 5.69 Å². The summed E-state index contributed by atoms with van der Waals surface area (Å²) in [7, 11) is 0. The smallest absolute Gasteiger partial charge is 0.311 e. The fraction of sp³-hybridized carbons (Fsp3) is 0.333. The summed E-state index contributed by atoms with van der Waals surface area (Å²) >= 11 is 1.13. The Kier molecular flexibility index (Phi) is 2.90. The molecule has 0 atom stereocenters. The zero-order valence-electron chi connectivity index (χ0n) is 10.2. The van der Waals surface area contributed by atoms with Crippen LogP contribution in [-0.4, -0.2) is 14.3 Å². The Morgan fingerprint density at radius 1 is 1.47 bits per heavy atom. The predicted octanol–water partition coefficient (Wildman–Crippen LogP) is 3.42. The van der Waals surface area contributed by atoms with Gasteiger partial charge in [0.05, 0.1) is 4.92 Å². The first-order valence-corrected chi connectivity index (χ1v) is 6.67. The third-order valence-corrected chi connectivity index (χ3v) is 3.48. The van der Waals surface area contributed by atoms with E-state index in [2.05, 4.69) is 9.36 Å². The first kappa shape index (κ1) is 12.0. The lowest BCUT2D eigenvalue weighted by molar-refractivity contribution is -0.385. The SMILES string of the molecule is Cc1ccc([N+](=O)[O-])c(Oc2nc(C3CC3)ns2)c1. The topological polar surface area (TPSA) is 78.2 Å². The fourth-order valence-corrected chi connectivity index (χ4v) is 2.34. The lowest BCUT2D eigenvalue weighted by Gasteiger charge is -2.03. The zero-order valence-corrected chi connectivity index (χ0v) is 11.0. The Morgan fingerprint density at radius 2 is 2.26 bits per heavy atom. The molecule has 0 saturated heterocycles. The Bertz CT molecular complexity index is 637. The van der Waals surface area contributed by atoms with Gasteiger partial charge in [0, 0.05) is 23.5 Å². The molecule has 1 fully saturated rings. The third-order valence-electron chi connectivity index (χ3n) is 2.87. The summed E-state index contributed by atoms with van der Waals surface area (Å²) in [5, 5.41) is 11.3. The number of nitro benzene ring substituents is 1. The van der Waals surface area contributed by atoms with Crippen molar-refractivity contribution in [1.82, 2.24) is 9.36 Å². The summed E-state index contributed by atoms with van der Waals surface area (Å²) in [5.41, 5.74) is 0.835. The van der Waals surface area contributed by atoms with Crippen molar-refractivity contribution in [2.24, 2.45) is 0 Å². The number of nitrogens with zero attached hydrogens (tertiary/aromatic N) is 3. The van der Waals surface area contributed by atoms with Crippen LogP contribution in [0.3, 0.4) is 0 Å². The van der Waals surface area contributed by atoms with Crippen LogP contribution < -0.4 is 4.74 Å². The molecule has 0 spiro atoms. The van der Waals surface area contributed by atoms with Crippen LogP contribution >= 0.6 is 11.5 Å². The molecule has 0 radical (unpaired) electrons. The van der Waals surface area contributed by atoms with Gasteiger partial charge in [0.25, 0.3) is 5.19 Å². The highest BCUT2D eigenvalue weighted by Crippen LogP contribution is 2.40. The van der Waals surface area contributed by atoms with Crippen LogP contribution in [0.1, 0.15) is 30.1 Å². The van der Waals surface area contributed by atoms with Gasteiger partial charge in [-0.3, -0.25) is 10.1 Å². The van der Waals surface area contributed by atoms with Gasteiger partial charge in [-0.05, 0) is 31.4 Å². The Morgan fingerprint density at radius 3 is 2.95 bits per heavy atom. The summed E-state index contributed by atoms with van der Waals surface area (Å²) in [4.78, 5) is 14.7. The van der Waals surface area contributed by atoms with Crippen LogP contribution in [0.5, 0.6) is 10.9 Å². The molecule has 1 aromatic carbocycles. The van der Waals surface area contributed by atoms with Crippen molar-refractivity contribution in [3.63, 3.8) is 0 Å². The van der Waals surface area contributed by atoms with Crippen molar-refractivity contribution in [2.75, 3.05) is 0 Å². The number of aromatic nitrogens is 2. The first-order valence-electron chi connectivity index (χ1n) is 5.90. The van der Waals surface area contributed by atoms with Gasteiger partial charge in [-0.2, -0.15) is 9.36 Å². The van der Waals surface area contributed by atoms with E-state index in [4.69, 9.17) is 4.74 Å². The van der Waals surface area contributed by atoms with E-state index in [1.807, 2.05) is 6.92 Å². The van der Waals surface area contributed by atoms with Gasteiger partial charge < -0.3 is 4.74 Å². The molecule has 0 amide bonds. The molecule has 6 nitrogen and oxygen atoms in total. The van der Waals surface area contributed by atoms with E-state index in [-0.39, 0.29) is 11.4 Å². The molecule has 0 bridgehead atoms. The van der Waals surface area contributed by atoms with E-state index in [0.29, 0.717) is 11.1 Å². The second-order valence-corrected chi connectivity index (χ2v) is 5.24. The molecule has 0 N–H and O–H groups in total. The summed E-state index contributed by atoms with van der Waals surface area (Å²) < 4.78 is 9.72. The molecule has 1 aromatic heterocycles. The third kappa shape index (κ3) is 2.55. The molecule has 2 aromatic rings. The van der Waals surface area contributed by atoms with Crippen molar-refractivity contribution in [3.05, 3.63) is 39.7 Å². The molecule has 1 heterocycles. The number of hydrogen-bond acceptors (Lipinski definition) is 6. The van der Waals surface area contributed by atoms with Crippen LogP contribution in [0.15, 0.2) is 18.2 Å². The molecule has 3 rings (SSSR count). The largest absolute Gasteiger partial charge is 0.422 e. The van der Waals surface area contributed by atoms with Crippen molar-refractivity contribution in [3.8, 4) is 10.9 Å². The van der Waals surface area contributed by atoms with Gasteiger partial charge in [0.15, 0.2) is 0 Å². The summed E-state index contributed by atoms with van der Waals surface area (Å²) in [6.45, 7) is 1.85. The predicted molar refractivity (Wildman–Crippen MR) is 69.8 cm³/mol. The standard InChI is InChI=1S/C12H11N3O3S/c1-7-2-5-9(15(16)17)10(6-7)18-12-13-11(14-19-12)8-3-4-8/h2,5-6,8H,3-4H2,1H3. The second kappa shape index (κ2) is 4.58. The van der Waals surface area contributed by atoms with E-state index in [0.717, 1.165) is 35.8 Å². The van der Waals surface area contributed by atoms with Gasteiger partial charge in [-0.1, -0.05) is 6.07 Å². The summed E-state index contributed by atoms with van der Waals surface area (Å²) in [6.07, 6.45) is 2.22. The number of aryl methyl sites for hydroxylation is 1. The van der Waals surface area contributed by atoms with Crippen molar-refractivity contribution < 1.29 is 9.66 Å². The van der Waals surface area contributed by atoms with Crippen molar-refractivity contribution in [2.45, 2.75) is 25.7 Å². The molecule has 1 saturated carbocycles. The molecular formula is C12H11N3O3S. The lowest BCUT2D eigenvalue weighted by Crippen LogP contribution is -1.94. The molecule has 19 heavy (non-hydrogen) atoms. The quantitative estimate of drug-likeness (QED) is 0.632. The van der Waals surface area contributed by atoms with Gasteiger partial charge in [-0.15, -0.1) is 0 Å². The fourth-order valence-electron chi connectivity index (χ4n) is 1.72. The van der Waals surface area contributed by atoms with Crippen LogP contribution in [0.4, 0.5) is 5.69 Å². The maximum Gasteiger partial charge on any atom is 0.311 e. The van der Waals surface area contributed by atoms with E-state index in [1.165, 1.54) is 6.07 Å². The Labute approximate surface area is 113 Å². The zero-order chi connectivity index (χ0) is 13.4. The van der Waals surface area contributed by atoms with Crippen LogP contribution in [0, 0.1) is 17.0 Å². The Balaban J connectivity index is 1.88. The highest BCUT2D eigenvalue weighted by molar-refractivity contribution is 7.07. The van der Waals surface area contributed by atoms with E-state index < -0.39 is 4.92 Å². The second-order valence-electron chi connectivity index (χ2n) is 4.52. The highest BCUT2D eigenvalue weighted by Gasteiger charge is 2.28. The average molecular weight is 277 g/mol. The van der Waals surface area contributed by atoms with Gasteiger partial charge in [-0.25, -0.2) is 0 Å². The molecular weight excluding hydrogens is 266 g/mol. The minimum Gasteiger partial charge on any atom is -0.422 e. The summed E-state index contributed by atoms with van der Waals surface area (Å²) in [6, 6.07) is 4.75. The monoisotopic (exact) mass is 277 g/mol. The number of hydrogen-bond donors (Lipinski definition) is 0. The normalized spacial score (nSPS) is 14.4. The molecule has 0 aliphatic heterocycles. The van der Waals surface area contributed by atoms with E-state index in [1.54, 1.807) is 12.1 Å². The minimum absolute atomic E-state index is 0.0613. The maximum absolute atomic E-state index is 10.9. The number of nitro groups is 1. The minimum atomic E-state index is -0.461. The number of rotatable bonds is 4. The first-order chi connectivity index (χ1) is 9.13. The number of benzene rings is 1. The molecule has 7 heteroatoms. The highest BCUT2D eigenvalue weighted by atomic mass is 32.1. The Hall–Kier alpha value is -2.02. The van der Waals surface area contributed by atoms with Gasteiger partial charge in [0.2, 0.25) is 5.75 Å². The average Bonchev–Trinajstić information content (AvgIpc) is 3.10. The van der Waals surface area contributed by atoms with Crippen LogP contribution in [-0.2, 0) is 0 Å². The lowest BCUT2D eigenvalue weighted by atomic mass is 10.2. The molecule has 98 valence electrons. The van der Waals surface area contributed by atoms with Crippen LogP contribution in [0.25, 0.3) is 0 Å². The van der Waals surface area contributed by atoms with E-state index >= 15 is 0 Å². The van der Waals surface area contributed by atoms with E-state index in [9.17, 15) is 10.1 Å². The van der Waals surface area contributed by atoms with Crippen molar-refractivity contribution >= 4 is 17.2 Å². The van der Waals surface area contributed by atoms with Crippen molar-refractivity contribution in [1.29, 1.82) is 0 Å². The number of ether oxygens (including phenoxy) is 1. The van der Waals surface area contributed by atoms with Crippen LogP contribution in [0.2, 0.25) is 0 Å². The molecule has 0 unspecified atom stereocenters.